The normalized spacial score (nSPS) is 10.5. The second-order valence-corrected chi connectivity index (χ2v) is 4.34. The topological polar surface area (TPSA) is 70.7 Å². The zero-order valence-electron chi connectivity index (χ0n) is 10.2. The summed E-state index contributed by atoms with van der Waals surface area (Å²) in [5, 5.41) is 9.14. The number of halogens is 2. The molecule has 0 aliphatic rings. The molecule has 0 aliphatic heterocycles. The number of rotatable bonds is 4. The average Bonchev–Trinajstić information content (AvgIpc) is 2.82. The third-order valence-corrected chi connectivity index (χ3v) is 2.71. The Bertz CT molecular complexity index is 599. The fourth-order valence-electron chi connectivity index (χ4n) is 1.51. The van der Waals surface area contributed by atoms with Crippen molar-refractivity contribution in [3.8, 4) is 0 Å². The first-order valence-corrected chi connectivity index (χ1v) is 6.15. The van der Waals surface area contributed by atoms with Gasteiger partial charge in [-0.3, -0.25) is 9.89 Å². The number of aromatic amines is 1. The number of aromatic nitrogens is 3. The van der Waals surface area contributed by atoms with Crippen LogP contribution in [0.3, 0.4) is 0 Å². The maximum Gasteiger partial charge on any atom is 0.295 e. The van der Waals surface area contributed by atoms with Gasteiger partial charge in [0.15, 0.2) is 0 Å². The summed E-state index contributed by atoms with van der Waals surface area (Å²) >= 11 is 5.81. The van der Waals surface area contributed by atoms with Crippen LogP contribution in [0.15, 0.2) is 18.2 Å². The first kappa shape index (κ1) is 13.5. The van der Waals surface area contributed by atoms with Crippen LogP contribution in [-0.2, 0) is 6.42 Å². The fourth-order valence-corrected chi connectivity index (χ4v) is 1.73. The van der Waals surface area contributed by atoms with E-state index in [-0.39, 0.29) is 10.8 Å². The summed E-state index contributed by atoms with van der Waals surface area (Å²) < 4.78 is 12.9. The highest BCUT2D eigenvalue weighted by Crippen LogP contribution is 2.22. The second-order valence-electron chi connectivity index (χ2n) is 3.93. The third kappa shape index (κ3) is 3.29. The number of nitrogens with zero attached hydrogens (tertiary/aromatic N) is 2. The molecule has 0 unspecified atom stereocenters. The Morgan fingerprint density at radius 2 is 2.32 bits per heavy atom. The van der Waals surface area contributed by atoms with Gasteiger partial charge in [0.25, 0.3) is 5.91 Å². The molecule has 0 saturated heterocycles. The van der Waals surface area contributed by atoms with Crippen LogP contribution in [0.25, 0.3) is 0 Å². The van der Waals surface area contributed by atoms with Gasteiger partial charge >= 0.3 is 0 Å². The van der Waals surface area contributed by atoms with Gasteiger partial charge in [-0.05, 0) is 24.6 Å². The molecule has 100 valence electrons. The van der Waals surface area contributed by atoms with Crippen LogP contribution in [0.5, 0.6) is 0 Å². The molecule has 5 nitrogen and oxygen atoms in total. The van der Waals surface area contributed by atoms with Gasteiger partial charge in [0.05, 0.1) is 10.7 Å². The molecule has 1 heterocycles. The number of hydrogen-bond acceptors (Lipinski definition) is 3. The number of carbonyl (C=O) groups excluding carboxylic acids is 1. The van der Waals surface area contributed by atoms with E-state index < -0.39 is 11.7 Å². The lowest BCUT2D eigenvalue weighted by molar-refractivity contribution is 0.101. The van der Waals surface area contributed by atoms with E-state index in [0.717, 1.165) is 18.9 Å². The van der Waals surface area contributed by atoms with Crippen molar-refractivity contribution in [2.24, 2.45) is 0 Å². The highest BCUT2D eigenvalue weighted by atomic mass is 35.5. The monoisotopic (exact) mass is 282 g/mol. The van der Waals surface area contributed by atoms with Crippen molar-refractivity contribution in [2.75, 3.05) is 5.32 Å². The molecule has 0 radical (unpaired) electrons. The molecule has 1 amide bonds. The number of anilines is 1. The summed E-state index contributed by atoms with van der Waals surface area (Å²) in [4.78, 5) is 15.9. The van der Waals surface area contributed by atoms with Gasteiger partial charge in [-0.1, -0.05) is 18.5 Å². The molecular weight excluding hydrogens is 271 g/mol. The van der Waals surface area contributed by atoms with Crippen LogP contribution in [0.2, 0.25) is 5.02 Å². The van der Waals surface area contributed by atoms with E-state index in [2.05, 4.69) is 20.5 Å². The largest absolute Gasteiger partial charge is 0.318 e. The minimum absolute atomic E-state index is 0.0313. The second kappa shape index (κ2) is 5.79. The first-order valence-electron chi connectivity index (χ1n) is 5.78. The van der Waals surface area contributed by atoms with Crippen LogP contribution in [0.1, 0.15) is 29.8 Å². The van der Waals surface area contributed by atoms with E-state index in [9.17, 15) is 9.18 Å². The van der Waals surface area contributed by atoms with Gasteiger partial charge in [-0.2, -0.15) is 0 Å². The molecule has 0 fully saturated rings. The maximum atomic E-state index is 12.9. The number of H-pyrrole nitrogens is 1. The Balaban J connectivity index is 2.11. The van der Waals surface area contributed by atoms with Crippen LogP contribution >= 0.6 is 11.6 Å². The lowest BCUT2D eigenvalue weighted by atomic mass is 10.3. The third-order valence-electron chi connectivity index (χ3n) is 2.40. The maximum absolute atomic E-state index is 12.9. The zero-order chi connectivity index (χ0) is 13.8. The Morgan fingerprint density at radius 3 is 3.00 bits per heavy atom. The van der Waals surface area contributed by atoms with Crippen molar-refractivity contribution in [1.82, 2.24) is 15.2 Å². The van der Waals surface area contributed by atoms with E-state index in [1.54, 1.807) is 0 Å². The number of hydrogen-bond donors (Lipinski definition) is 2. The van der Waals surface area contributed by atoms with Gasteiger partial charge in [0, 0.05) is 6.42 Å². The number of benzene rings is 1. The van der Waals surface area contributed by atoms with Gasteiger partial charge in [-0.15, -0.1) is 5.10 Å². The summed E-state index contributed by atoms with van der Waals surface area (Å²) in [5.74, 6) is -0.278. The minimum Gasteiger partial charge on any atom is -0.318 e. The molecule has 19 heavy (non-hydrogen) atoms. The quantitative estimate of drug-likeness (QED) is 0.906. The predicted octanol–water partition coefficient (Wildman–Crippen LogP) is 2.80. The molecule has 0 saturated carbocycles. The molecular formula is C12H12ClFN4O. The standard InChI is InChI=1S/C12H12ClFN4O/c1-2-3-10-16-11(18-17-10)12(19)15-9-5-4-7(14)6-8(9)13/h4-6H,2-3H2,1H3,(H,15,19)(H,16,17,18). The molecule has 0 aliphatic carbocycles. The van der Waals surface area contributed by atoms with Gasteiger partial charge in [-0.25, -0.2) is 9.37 Å². The van der Waals surface area contributed by atoms with Crippen molar-refractivity contribution in [3.63, 3.8) is 0 Å². The number of nitrogens with one attached hydrogen (secondary N) is 2. The zero-order valence-corrected chi connectivity index (χ0v) is 11.0. The van der Waals surface area contributed by atoms with Gasteiger partial charge in [0.1, 0.15) is 11.6 Å². The average molecular weight is 283 g/mol. The highest BCUT2D eigenvalue weighted by molar-refractivity contribution is 6.33. The summed E-state index contributed by atoms with van der Waals surface area (Å²) in [7, 11) is 0. The first-order chi connectivity index (χ1) is 9.10. The Morgan fingerprint density at radius 1 is 1.53 bits per heavy atom. The predicted molar refractivity (Wildman–Crippen MR) is 69.7 cm³/mol. The van der Waals surface area contributed by atoms with E-state index in [4.69, 9.17) is 11.6 Å². The molecule has 7 heteroatoms. The van der Waals surface area contributed by atoms with Crippen LogP contribution in [-0.4, -0.2) is 21.1 Å². The Kier molecular flexibility index (Phi) is 4.11. The minimum atomic E-state index is -0.493. The van der Waals surface area contributed by atoms with Gasteiger partial charge in [0.2, 0.25) is 5.82 Å². The molecule has 1 aromatic heterocycles. The summed E-state index contributed by atoms with van der Waals surface area (Å²) in [6.45, 7) is 2.00. The van der Waals surface area contributed by atoms with Crippen LogP contribution < -0.4 is 5.32 Å². The Hall–Kier alpha value is -1.95. The van der Waals surface area contributed by atoms with Crippen molar-refractivity contribution in [2.45, 2.75) is 19.8 Å². The van der Waals surface area contributed by atoms with Gasteiger partial charge < -0.3 is 5.32 Å². The van der Waals surface area contributed by atoms with E-state index >= 15 is 0 Å². The number of aryl methyl sites for hydroxylation is 1. The summed E-state index contributed by atoms with van der Waals surface area (Å²) in [6, 6.07) is 3.72. The smallest absolute Gasteiger partial charge is 0.295 e. The Labute approximate surface area is 114 Å². The molecule has 1 aromatic carbocycles. The van der Waals surface area contributed by atoms with E-state index in [1.807, 2.05) is 6.92 Å². The molecule has 0 atom stereocenters. The highest BCUT2D eigenvalue weighted by Gasteiger charge is 2.14. The molecule has 2 aromatic rings. The fraction of sp³-hybridized carbons (Fsp3) is 0.250. The molecule has 0 bridgehead atoms. The summed E-state index contributed by atoms with van der Waals surface area (Å²) in [5.41, 5.74) is 0.315. The number of carbonyl (C=O) groups is 1. The summed E-state index contributed by atoms with van der Waals surface area (Å²) in [6.07, 6.45) is 1.62. The molecule has 2 rings (SSSR count). The SMILES string of the molecule is CCCc1nc(C(=O)Nc2ccc(F)cc2Cl)n[nH]1. The van der Waals surface area contributed by atoms with Crippen molar-refractivity contribution in [3.05, 3.63) is 40.7 Å². The van der Waals surface area contributed by atoms with E-state index in [0.29, 0.717) is 11.5 Å². The number of amides is 1. The van der Waals surface area contributed by atoms with E-state index in [1.165, 1.54) is 12.1 Å². The van der Waals surface area contributed by atoms with Crippen molar-refractivity contribution < 1.29 is 9.18 Å². The van der Waals surface area contributed by atoms with Crippen LogP contribution in [0, 0.1) is 5.82 Å². The molecule has 2 N–H and O–H groups in total. The molecule has 0 spiro atoms. The van der Waals surface area contributed by atoms with Crippen LogP contribution in [0.4, 0.5) is 10.1 Å². The lowest BCUT2D eigenvalue weighted by Crippen LogP contribution is -2.14. The lowest BCUT2D eigenvalue weighted by Gasteiger charge is -2.04. The van der Waals surface area contributed by atoms with Crippen molar-refractivity contribution >= 4 is 23.2 Å². The van der Waals surface area contributed by atoms with Crippen molar-refractivity contribution in [1.29, 1.82) is 0 Å².